The molecule has 0 saturated carbocycles. The molecular formula is C21H41N. The lowest BCUT2D eigenvalue weighted by molar-refractivity contribution is 0.536. The van der Waals surface area contributed by atoms with E-state index >= 15 is 0 Å². The van der Waals surface area contributed by atoms with Gasteiger partial charge in [0.2, 0.25) is 0 Å². The van der Waals surface area contributed by atoms with E-state index in [0.29, 0.717) is 6.54 Å². The summed E-state index contributed by atoms with van der Waals surface area (Å²) in [6, 6.07) is 0. The monoisotopic (exact) mass is 307 g/mol. The van der Waals surface area contributed by atoms with Crippen molar-refractivity contribution in [1.82, 2.24) is 0 Å². The first kappa shape index (κ1) is 21.4. The predicted molar refractivity (Wildman–Crippen MR) is 102 cm³/mol. The standard InChI is InChI=1S/C21H41N/c1-2-3-4-5-6-7-8-9-10-11-12-13-14-15-16-17-18-19-20-21-22/h17-20H,2-16,21-22H2,1H3/b18-17+,20-19+. The van der Waals surface area contributed by atoms with Crippen LogP contribution in [0.15, 0.2) is 24.3 Å². The Balaban J connectivity index is 3.02. The molecule has 0 aromatic heterocycles. The van der Waals surface area contributed by atoms with Crippen LogP contribution in [-0.2, 0) is 0 Å². The van der Waals surface area contributed by atoms with Crippen molar-refractivity contribution in [3.63, 3.8) is 0 Å². The van der Waals surface area contributed by atoms with Crippen LogP contribution in [0.3, 0.4) is 0 Å². The highest BCUT2D eigenvalue weighted by molar-refractivity contribution is 5.02. The second-order valence-electron chi connectivity index (χ2n) is 6.48. The Bertz CT molecular complexity index is 242. The Hall–Kier alpha value is -0.560. The van der Waals surface area contributed by atoms with Gasteiger partial charge in [0.25, 0.3) is 0 Å². The molecule has 0 bridgehead atoms. The van der Waals surface area contributed by atoms with Crippen LogP contribution < -0.4 is 5.73 Å². The van der Waals surface area contributed by atoms with E-state index in [1.165, 1.54) is 96.3 Å². The summed E-state index contributed by atoms with van der Waals surface area (Å²) in [6.07, 6.45) is 29.7. The molecule has 0 amide bonds. The summed E-state index contributed by atoms with van der Waals surface area (Å²) in [5.41, 5.74) is 5.38. The van der Waals surface area contributed by atoms with Crippen LogP contribution in [0.25, 0.3) is 0 Å². The minimum absolute atomic E-state index is 0.642. The van der Waals surface area contributed by atoms with E-state index in [9.17, 15) is 0 Å². The van der Waals surface area contributed by atoms with Gasteiger partial charge in [0.05, 0.1) is 0 Å². The number of unbranched alkanes of at least 4 members (excludes halogenated alkanes) is 14. The van der Waals surface area contributed by atoms with E-state index in [1.807, 2.05) is 12.2 Å². The quantitative estimate of drug-likeness (QED) is 0.229. The van der Waals surface area contributed by atoms with Gasteiger partial charge in [-0.3, -0.25) is 0 Å². The summed E-state index contributed by atoms with van der Waals surface area (Å²) in [5, 5.41) is 0. The molecule has 0 aromatic carbocycles. The first-order chi connectivity index (χ1) is 10.9. The van der Waals surface area contributed by atoms with Crippen LogP contribution in [-0.4, -0.2) is 6.54 Å². The zero-order chi connectivity index (χ0) is 16.1. The Labute approximate surface area is 140 Å². The Morgan fingerprint density at radius 2 is 0.955 bits per heavy atom. The molecule has 22 heavy (non-hydrogen) atoms. The molecule has 0 saturated heterocycles. The van der Waals surface area contributed by atoms with Gasteiger partial charge in [-0.1, -0.05) is 115 Å². The lowest BCUT2D eigenvalue weighted by Gasteiger charge is -2.02. The molecule has 0 aliphatic rings. The normalized spacial score (nSPS) is 11.9. The second-order valence-corrected chi connectivity index (χ2v) is 6.48. The van der Waals surface area contributed by atoms with Crippen molar-refractivity contribution >= 4 is 0 Å². The van der Waals surface area contributed by atoms with Gasteiger partial charge in [0, 0.05) is 6.54 Å². The third kappa shape index (κ3) is 19.4. The molecule has 0 spiro atoms. The van der Waals surface area contributed by atoms with Gasteiger partial charge in [-0.05, 0) is 12.8 Å². The Morgan fingerprint density at radius 3 is 1.41 bits per heavy atom. The largest absolute Gasteiger partial charge is 0.327 e. The minimum atomic E-state index is 0.642. The molecule has 0 heterocycles. The lowest BCUT2D eigenvalue weighted by Crippen LogP contribution is -1.91. The Morgan fingerprint density at radius 1 is 0.545 bits per heavy atom. The van der Waals surface area contributed by atoms with E-state index in [-0.39, 0.29) is 0 Å². The fraction of sp³-hybridized carbons (Fsp3) is 0.810. The molecule has 0 atom stereocenters. The Kier molecular flexibility index (Phi) is 19.9. The molecule has 1 heteroatoms. The zero-order valence-electron chi connectivity index (χ0n) is 15.2. The molecule has 0 aliphatic carbocycles. The van der Waals surface area contributed by atoms with Crippen LogP contribution in [0, 0.1) is 0 Å². The molecule has 130 valence electrons. The summed E-state index contributed by atoms with van der Waals surface area (Å²) < 4.78 is 0. The maximum absolute atomic E-state index is 5.38. The highest BCUT2D eigenvalue weighted by Crippen LogP contribution is 2.13. The van der Waals surface area contributed by atoms with Gasteiger partial charge < -0.3 is 5.73 Å². The zero-order valence-corrected chi connectivity index (χ0v) is 15.2. The van der Waals surface area contributed by atoms with Crippen molar-refractivity contribution < 1.29 is 0 Å². The van der Waals surface area contributed by atoms with Crippen LogP contribution in [0.2, 0.25) is 0 Å². The summed E-state index contributed by atoms with van der Waals surface area (Å²) in [5.74, 6) is 0. The first-order valence-electron chi connectivity index (χ1n) is 9.93. The van der Waals surface area contributed by atoms with Gasteiger partial charge in [-0.2, -0.15) is 0 Å². The topological polar surface area (TPSA) is 26.0 Å². The molecule has 1 nitrogen and oxygen atoms in total. The van der Waals surface area contributed by atoms with Crippen LogP contribution in [0.1, 0.15) is 103 Å². The van der Waals surface area contributed by atoms with Crippen LogP contribution in [0.4, 0.5) is 0 Å². The van der Waals surface area contributed by atoms with Gasteiger partial charge in [0.15, 0.2) is 0 Å². The first-order valence-corrected chi connectivity index (χ1v) is 9.93. The third-order valence-corrected chi connectivity index (χ3v) is 4.24. The molecule has 0 radical (unpaired) electrons. The SMILES string of the molecule is CCCCCCCCCCCCCCCC/C=C/C=C/CN. The van der Waals surface area contributed by atoms with Gasteiger partial charge in [-0.15, -0.1) is 0 Å². The summed E-state index contributed by atoms with van der Waals surface area (Å²) in [6.45, 7) is 2.93. The van der Waals surface area contributed by atoms with Gasteiger partial charge in [-0.25, -0.2) is 0 Å². The minimum Gasteiger partial charge on any atom is -0.327 e. The van der Waals surface area contributed by atoms with E-state index < -0.39 is 0 Å². The highest BCUT2D eigenvalue weighted by atomic mass is 14.5. The van der Waals surface area contributed by atoms with Gasteiger partial charge in [0.1, 0.15) is 0 Å². The molecule has 0 aliphatic heterocycles. The number of nitrogens with two attached hydrogens (primary N) is 1. The van der Waals surface area contributed by atoms with Crippen LogP contribution in [0.5, 0.6) is 0 Å². The number of hydrogen-bond acceptors (Lipinski definition) is 1. The van der Waals surface area contributed by atoms with E-state index in [1.54, 1.807) is 0 Å². The van der Waals surface area contributed by atoms with Crippen molar-refractivity contribution in [1.29, 1.82) is 0 Å². The van der Waals surface area contributed by atoms with Crippen molar-refractivity contribution in [3.05, 3.63) is 24.3 Å². The molecule has 0 unspecified atom stereocenters. The smallest absolute Gasteiger partial charge is 0.0109 e. The molecule has 2 N–H and O–H groups in total. The van der Waals surface area contributed by atoms with Crippen molar-refractivity contribution in [2.45, 2.75) is 103 Å². The summed E-state index contributed by atoms with van der Waals surface area (Å²) >= 11 is 0. The van der Waals surface area contributed by atoms with E-state index in [4.69, 9.17) is 5.73 Å². The van der Waals surface area contributed by atoms with Crippen molar-refractivity contribution in [2.24, 2.45) is 5.73 Å². The van der Waals surface area contributed by atoms with Crippen molar-refractivity contribution in [2.75, 3.05) is 6.54 Å². The summed E-state index contributed by atoms with van der Waals surface area (Å²) in [4.78, 5) is 0. The molecule has 0 fully saturated rings. The molecule has 0 rings (SSSR count). The fourth-order valence-corrected chi connectivity index (χ4v) is 2.79. The highest BCUT2D eigenvalue weighted by Gasteiger charge is 1.93. The summed E-state index contributed by atoms with van der Waals surface area (Å²) in [7, 11) is 0. The third-order valence-electron chi connectivity index (χ3n) is 4.24. The number of hydrogen-bond donors (Lipinski definition) is 1. The average Bonchev–Trinajstić information content (AvgIpc) is 2.54. The maximum atomic E-state index is 5.38. The van der Waals surface area contributed by atoms with Crippen LogP contribution >= 0.6 is 0 Å². The predicted octanol–water partition coefficient (Wildman–Crippen LogP) is 6.93. The van der Waals surface area contributed by atoms with Gasteiger partial charge >= 0.3 is 0 Å². The lowest BCUT2D eigenvalue weighted by atomic mass is 10.0. The number of allylic oxidation sites excluding steroid dienone is 3. The molecular weight excluding hydrogens is 266 g/mol. The maximum Gasteiger partial charge on any atom is 0.0109 e. The van der Waals surface area contributed by atoms with E-state index in [0.717, 1.165) is 0 Å². The molecule has 0 aromatic rings. The van der Waals surface area contributed by atoms with E-state index in [2.05, 4.69) is 19.1 Å². The number of rotatable bonds is 17. The average molecular weight is 308 g/mol. The van der Waals surface area contributed by atoms with Crippen molar-refractivity contribution in [3.8, 4) is 0 Å². The second kappa shape index (κ2) is 20.4. The fourth-order valence-electron chi connectivity index (χ4n) is 2.79.